The minimum absolute atomic E-state index is 0. The number of benzene rings is 2. The Kier molecular flexibility index (Phi) is 9.95. The number of halogens is 2. The molecule has 0 saturated carbocycles. The van der Waals surface area contributed by atoms with E-state index in [1.807, 2.05) is 38.1 Å². The Morgan fingerprint density at radius 3 is 2.48 bits per heavy atom. The van der Waals surface area contributed by atoms with E-state index in [1.54, 1.807) is 12.1 Å². The lowest BCUT2D eigenvalue weighted by molar-refractivity contribution is -0.114. The second kappa shape index (κ2) is 11.7. The summed E-state index contributed by atoms with van der Waals surface area (Å²) in [7, 11) is 0. The third-order valence-corrected chi connectivity index (χ3v) is 3.95. The van der Waals surface area contributed by atoms with E-state index in [-0.39, 0.29) is 48.2 Å². The molecule has 0 heterocycles. The maximum atomic E-state index is 12.1. The molecule has 0 aliphatic carbocycles. The van der Waals surface area contributed by atoms with Gasteiger partial charge in [-0.05, 0) is 49.7 Å². The van der Waals surface area contributed by atoms with Crippen LogP contribution in [0.5, 0.6) is 5.75 Å². The van der Waals surface area contributed by atoms with Crippen molar-refractivity contribution in [2.45, 2.75) is 19.9 Å². The summed E-state index contributed by atoms with van der Waals surface area (Å²) in [4.78, 5) is 16.4. The summed E-state index contributed by atoms with van der Waals surface area (Å²) in [6, 6.07) is 13.8. The van der Waals surface area contributed by atoms with Crippen LogP contribution >= 0.6 is 35.6 Å². The molecule has 1 atom stereocenters. The van der Waals surface area contributed by atoms with E-state index >= 15 is 0 Å². The second-order valence-electron chi connectivity index (χ2n) is 5.68. The summed E-state index contributed by atoms with van der Waals surface area (Å²) in [6.45, 7) is 4.56. The minimum atomic E-state index is -0.252. The van der Waals surface area contributed by atoms with Gasteiger partial charge in [-0.25, -0.2) is 4.99 Å². The van der Waals surface area contributed by atoms with Crippen LogP contribution in [0.1, 0.15) is 25.5 Å². The van der Waals surface area contributed by atoms with Gasteiger partial charge in [-0.2, -0.15) is 0 Å². The van der Waals surface area contributed by atoms with Crippen LogP contribution in [0.3, 0.4) is 0 Å². The number of guanidine groups is 1. The monoisotopic (exact) mass is 502 g/mol. The molecule has 6 nitrogen and oxygen atoms in total. The Morgan fingerprint density at radius 1 is 1.19 bits per heavy atom. The van der Waals surface area contributed by atoms with E-state index in [0.29, 0.717) is 23.2 Å². The van der Waals surface area contributed by atoms with Gasteiger partial charge in [0.05, 0.1) is 6.04 Å². The highest BCUT2D eigenvalue weighted by Gasteiger charge is 2.11. The summed E-state index contributed by atoms with van der Waals surface area (Å²) in [6.07, 6.45) is 0. The van der Waals surface area contributed by atoms with Crippen molar-refractivity contribution < 1.29 is 9.90 Å². The number of phenols is 1. The zero-order valence-corrected chi connectivity index (χ0v) is 18.3. The molecule has 2 aromatic carbocycles. The Balaban J connectivity index is 0.00000364. The van der Waals surface area contributed by atoms with Gasteiger partial charge in [-0.3, -0.25) is 4.79 Å². The van der Waals surface area contributed by atoms with Crippen LogP contribution in [0.25, 0.3) is 0 Å². The number of nitrogens with one attached hydrogen (secondary N) is 3. The predicted octanol–water partition coefficient (Wildman–Crippen LogP) is 3.92. The van der Waals surface area contributed by atoms with Gasteiger partial charge in [-0.15, -0.1) is 24.0 Å². The fourth-order valence-electron chi connectivity index (χ4n) is 2.33. The first-order chi connectivity index (χ1) is 12.5. The first-order valence-electron chi connectivity index (χ1n) is 8.37. The van der Waals surface area contributed by atoms with Crippen molar-refractivity contribution in [3.8, 4) is 5.75 Å². The van der Waals surface area contributed by atoms with Crippen molar-refractivity contribution >= 4 is 53.1 Å². The number of nitrogens with zero attached hydrogens (tertiary/aromatic N) is 1. The molecule has 2 rings (SSSR count). The molecule has 0 fully saturated rings. The highest BCUT2D eigenvalue weighted by Crippen LogP contribution is 2.21. The van der Waals surface area contributed by atoms with E-state index in [2.05, 4.69) is 20.9 Å². The smallest absolute Gasteiger partial charge is 0.246 e. The maximum absolute atomic E-state index is 12.1. The molecule has 1 amide bonds. The van der Waals surface area contributed by atoms with E-state index in [4.69, 9.17) is 11.6 Å². The molecule has 0 radical (unpaired) electrons. The number of aliphatic imine (C=N–C) groups is 1. The molecule has 0 aliphatic heterocycles. The average molecular weight is 503 g/mol. The number of rotatable bonds is 6. The lowest BCUT2D eigenvalue weighted by Gasteiger charge is -2.19. The third kappa shape index (κ3) is 7.64. The quantitative estimate of drug-likeness (QED) is 0.209. The number of carbonyl (C=O) groups is 1. The van der Waals surface area contributed by atoms with Gasteiger partial charge >= 0.3 is 0 Å². The van der Waals surface area contributed by atoms with Crippen LogP contribution in [0, 0.1) is 0 Å². The second-order valence-corrected chi connectivity index (χ2v) is 6.08. The molecule has 0 bridgehead atoms. The van der Waals surface area contributed by atoms with E-state index < -0.39 is 0 Å². The van der Waals surface area contributed by atoms with E-state index in [0.717, 1.165) is 5.56 Å². The zero-order chi connectivity index (χ0) is 18.9. The van der Waals surface area contributed by atoms with Crippen LogP contribution in [0.2, 0.25) is 5.02 Å². The summed E-state index contributed by atoms with van der Waals surface area (Å²) in [5, 5.41) is 19.0. The molecule has 27 heavy (non-hydrogen) atoms. The van der Waals surface area contributed by atoms with Gasteiger partial charge in [0.2, 0.25) is 5.91 Å². The van der Waals surface area contributed by atoms with Crippen molar-refractivity contribution in [3.05, 3.63) is 59.1 Å². The molecular weight excluding hydrogens is 479 g/mol. The number of hydrogen-bond donors (Lipinski definition) is 4. The molecule has 0 spiro atoms. The average Bonchev–Trinajstić information content (AvgIpc) is 2.62. The standard InChI is InChI=1S/C19H23ClN4O2.HI/c1-3-21-19(23-13(2)16-6-4-5-7-17(16)20)22-12-18(26)24-14-8-10-15(25)11-9-14;/h4-11,13,25H,3,12H2,1-2H3,(H,24,26)(H2,21,22,23);1H. The SMILES string of the molecule is CCNC(=NCC(=O)Nc1ccc(O)cc1)NC(C)c1ccccc1Cl.I. The Bertz CT molecular complexity index is 769. The van der Waals surface area contributed by atoms with Gasteiger partial charge in [0.15, 0.2) is 5.96 Å². The third-order valence-electron chi connectivity index (χ3n) is 3.60. The molecule has 0 aromatic heterocycles. The summed E-state index contributed by atoms with van der Waals surface area (Å²) in [5.41, 5.74) is 1.55. The number of phenolic OH excluding ortho intramolecular Hbond substituents is 1. The summed E-state index contributed by atoms with van der Waals surface area (Å²) >= 11 is 6.23. The lowest BCUT2D eigenvalue weighted by atomic mass is 10.1. The molecule has 0 aliphatic rings. The van der Waals surface area contributed by atoms with Gasteiger partial charge in [-0.1, -0.05) is 29.8 Å². The lowest BCUT2D eigenvalue weighted by Crippen LogP contribution is -2.39. The fraction of sp³-hybridized carbons (Fsp3) is 0.263. The normalized spacial score (nSPS) is 11.9. The van der Waals surface area contributed by atoms with Crippen molar-refractivity contribution in [2.24, 2.45) is 4.99 Å². The van der Waals surface area contributed by atoms with Gasteiger partial charge in [0, 0.05) is 17.3 Å². The maximum Gasteiger partial charge on any atom is 0.246 e. The number of aromatic hydroxyl groups is 1. The fourth-order valence-corrected chi connectivity index (χ4v) is 2.62. The van der Waals surface area contributed by atoms with Crippen LogP contribution in [0.15, 0.2) is 53.5 Å². The molecule has 146 valence electrons. The summed E-state index contributed by atoms with van der Waals surface area (Å²) < 4.78 is 0. The number of hydrogen-bond acceptors (Lipinski definition) is 3. The topological polar surface area (TPSA) is 85.8 Å². The van der Waals surface area contributed by atoms with Crippen LogP contribution in [-0.4, -0.2) is 30.1 Å². The van der Waals surface area contributed by atoms with Crippen LogP contribution in [0.4, 0.5) is 5.69 Å². The molecule has 1 unspecified atom stereocenters. The Morgan fingerprint density at radius 2 is 1.85 bits per heavy atom. The highest BCUT2D eigenvalue weighted by atomic mass is 127. The van der Waals surface area contributed by atoms with Crippen LogP contribution in [-0.2, 0) is 4.79 Å². The highest BCUT2D eigenvalue weighted by molar-refractivity contribution is 14.0. The summed E-state index contributed by atoms with van der Waals surface area (Å²) in [5.74, 6) is 0.423. The zero-order valence-electron chi connectivity index (χ0n) is 15.2. The number of anilines is 1. The largest absolute Gasteiger partial charge is 0.508 e. The molecular formula is C19H24ClIN4O2. The van der Waals surface area contributed by atoms with Crippen molar-refractivity contribution in [3.63, 3.8) is 0 Å². The first kappa shape index (κ1) is 23.0. The molecule has 0 saturated heterocycles. The van der Waals surface area contributed by atoms with Crippen molar-refractivity contribution in [1.29, 1.82) is 0 Å². The van der Waals surface area contributed by atoms with Crippen molar-refractivity contribution in [2.75, 3.05) is 18.4 Å². The predicted molar refractivity (Wildman–Crippen MR) is 121 cm³/mol. The van der Waals surface area contributed by atoms with E-state index in [9.17, 15) is 9.90 Å². The van der Waals surface area contributed by atoms with Gasteiger partial charge in [0.1, 0.15) is 12.3 Å². The number of carbonyl (C=O) groups excluding carboxylic acids is 1. The van der Waals surface area contributed by atoms with Crippen LogP contribution < -0.4 is 16.0 Å². The number of amides is 1. The molecule has 2 aromatic rings. The Hall–Kier alpha value is -2.00. The molecule has 8 heteroatoms. The Labute approximate surface area is 181 Å². The molecule has 4 N–H and O–H groups in total. The van der Waals surface area contributed by atoms with Gasteiger partial charge in [0.25, 0.3) is 0 Å². The van der Waals surface area contributed by atoms with Gasteiger partial charge < -0.3 is 21.1 Å². The minimum Gasteiger partial charge on any atom is -0.508 e. The van der Waals surface area contributed by atoms with Crippen molar-refractivity contribution in [1.82, 2.24) is 10.6 Å². The van der Waals surface area contributed by atoms with E-state index in [1.165, 1.54) is 12.1 Å². The first-order valence-corrected chi connectivity index (χ1v) is 8.75.